The Morgan fingerprint density at radius 1 is 1.25 bits per heavy atom. The summed E-state index contributed by atoms with van der Waals surface area (Å²) < 4.78 is 0. The van der Waals surface area contributed by atoms with E-state index in [0.29, 0.717) is 12.3 Å². The van der Waals surface area contributed by atoms with Crippen LogP contribution in [0.2, 0.25) is 0 Å². The number of rotatable bonds is 3. The maximum Gasteiger partial charge on any atom is 0.221 e. The molecule has 0 aliphatic carbocycles. The summed E-state index contributed by atoms with van der Waals surface area (Å²) in [5, 5.41) is 3.43. The van der Waals surface area contributed by atoms with Crippen LogP contribution in [0.25, 0.3) is 0 Å². The third-order valence-corrected chi connectivity index (χ3v) is 3.87. The lowest BCUT2D eigenvalue weighted by molar-refractivity contribution is -0.117. The summed E-state index contributed by atoms with van der Waals surface area (Å²) in [6.07, 6.45) is 0.300. The molecule has 3 nitrogen and oxygen atoms in total. The molecule has 102 valence electrons. The lowest BCUT2D eigenvalue weighted by Crippen LogP contribution is -2.16. The Morgan fingerprint density at radius 2 is 2.05 bits per heavy atom. The van der Waals surface area contributed by atoms with E-state index in [2.05, 4.69) is 36.5 Å². The van der Waals surface area contributed by atoms with Gasteiger partial charge in [0.25, 0.3) is 0 Å². The molecule has 0 aromatic heterocycles. The Morgan fingerprint density at radius 3 is 2.85 bits per heavy atom. The molecule has 2 aromatic rings. The number of carbonyl (C=O) groups excluding carboxylic acids is 1. The van der Waals surface area contributed by atoms with Crippen LogP contribution < -0.4 is 11.1 Å². The maximum atomic E-state index is 11.3. The standard InChI is InChI=1S/C17H18N2O/c1-11-6-7-12(9-17(18)20)14(8-11)15-10-19-16-5-3-2-4-13(15)16/h2-8,15,19H,9-10H2,1H3,(H2,18,20). The highest BCUT2D eigenvalue weighted by molar-refractivity contribution is 5.77. The summed E-state index contributed by atoms with van der Waals surface area (Å²) in [6.45, 7) is 2.94. The van der Waals surface area contributed by atoms with Crippen molar-refractivity contribution < 1.29 is 4.79 Å². The highest BCUT2D eigenvalue weighted by Gasteiger charge is 2.25. The Kier molecular flexibility index (Phi) is 3.18. The van der Waals surface area contributed by atoms with E-state index in [1.165, 1.54) is 22.4 Å². The molecule has 1 heterocycles. The lowest BCUT2D eigenvalue weighted by atomic mass is 9.87. The number of benzene rings is 2. The van der Waals surface area contributed by atoms with Crippen molar-refractivity contribution in [2.45, 2.75) is 19.3 Å². The SMILES string of the molecule is Cc1ccc(CC(N)=O)c(C2CNc3ccccc32)c1. The Hall–Kier alpha value is -2.29. The number of aryl methyl sites for hydroxylation is 1. The lowest BCUT2D eigenvalue weighted by Gasteiger charge is -2.16. The van der Waals surface area contributed by atoms with Crippen LogP contribution >= 0.6 is 0 Å². The minimum atomic E-state index is -0.283. The highest BCUT2D eigenvalue weighted by Crippen LogP contribution is 2.37. The third kappa shape index (κ3) is 2.27. The molecular formula is C17H18N2O. The van der Waals surface area contributed by atoms with Gasteiger partial charge in [-0.1, -0.05) is 42.0 Å². The fourth-order valence-electron chi connectivity index (χ4n) is 2.95. The van der Waals surface area contributed by atoms with Gasteiger partial charge in [0.05, 0.1) is 6.42 Å². The molecule has 3 N–H and O–H groups in total. The van der Waals surface area contributed by atoms with Gasteiger partial charge in [0.15, 0.2) is 0 Å². The van der Waals surface area contributed by atoms with Crippen LogP contribution in [0.3, 0.4) is 0 Å². The molecule has 0 fully saturated rings. The van der Waals surface area contributed by atoms with Crippen LogP contribution in [0.5, 0.6) is 0 Å². The first-order valence-electron chi connectivity index (χ1n) is 6.85. The van der Waals surface area contributed by atoms with Crippen LogP contribution in [0, 0.1) is 6.92 Å². The predicted molar refractivity (Wildman–Crippen MR) is 80.9 cm³/mol. The molecule has 0 saturated heterocycles. The first kappa shape index (κ1) is 12.7. The largest absolute Gasteiger partial charge is 0.384 e. The minimum absolute atomic E-state index is 0.283. The summed E-state index contributed by atoms with van der Waals surface area (Å²) in [5.41, 5.74) is 11.3. The minimum Gasteiger partial charge on any atom is -0.384 e. The van der Waals surface area contributed by atoms with Crippen molar-refractivity contribution >= 4 is 11.6 Å². The molecule has 0 bridgehead atoms. The van der Waals surface area contributed by atoms with Gasteiger partial charge in [-0.25, -0.2) is 0 Å². The van der Waals surface area contributed by atoms with E-state index in [1.54, 1.807) is 0 Å². The predicted octanol–water partition coefficient (Wildman–Crippen LogP) is 2.58. The van der Waals surface area contributed by atoms with Crippen molar-refractivity contribution in [1.29, 1.82) is 0 Å². The molecule has 1 unspecified atom stereocenters. The van der Waals surface area contributed by atoms with Gasteiger partial charge in [0, 0.05) is 18.2 Å². The zero-order chi connectivity index (χ0) is 14.1. The monoisotopic (exact) mass is 266 g/mol. The van der Waals surface area contributed by atoms with E-state index in [-0.39, 0.29) is 5.91 Å². The second-order valence-corrected chi connectivity index (χ2v) is 5.37. The molecule has 1 amide bonds. The van der Waals surface area contributed by atoms with Crippen LogP contribution in [-0.2, 0) is 11.2 Å². The molecule has 1 aliphatic heterocycles. The van der Waals surface area contributed by atoms with E-state index in [1.807, 2.05) is 18.2 Å². The number of primary amides is 1. The summed E-state index contributed by atoms with van der Waals surface area (Å²) in [4.78, 5) is 11.3. The summed E-state index contributed by atoms with van der Waals surface area (Å²) in [5.74, 6) is 0.00907. The van der Waals surface area contributed by atoms with Crippen LogP contribution in [0.15, 0.2) is 42.5 Å². The molecular weight excluding hydrogens is 248 g/mol. The Labute approximate surface area is 118 Å². The number of hydrogen-bond donors (Lipinski definition) is 2. The smallest absolute Gasteiger partial charge is 0.221 e. The number of hydrogen-bond acceptors (Lipinski definition) is 2. The fourth-order valence-corrected chi connectivity index (χ4v) is 2.95. The van der Waals surface area contributed by atoms with Crippen molar-refractivity contribution in [2.24, 2.45) is 5.73 Å². The van der Waals surface area contributed by atoms with Crippen LogP contribution in [-0.4, -0.2) is 12.5 Å². The second kappa shape index (κ2) is 5.00. The van der Waals surface area contributed by atoms with Gasteiger partial charge in [-0.2, -0.15) is 0 Å². The third-order valence-electron chi connectivity index (χ3n) is 3.87. The van der Waals surface area contributed by atoms with Crippen molar-refractivity contribution in [3.05, 3.63) is 64.7 Å². The van der Waals surface area contributed by atoms with E-state index in [9.17, 15) is 4.79 Å². The van der Waals surface area contributed by atoms with Gasteiger partial charge >= 0.3 is 0 Å². The number of nitrogens with one attached hydrogen (secondary N) is 1. The molecule has 3 rings (SSSR count). The molecule has 0 saturated carbocycles. The highest BCUT2D eigenvalue weighted by atomic mass is 16.1. The van der Waals surface area contributed by atoms with Crippen LogP contribution in [0.4, 0.5) is 5.69 Å². The van der Waals surface area contributed by atoms with Crippen molar-refractivity contribution in [3.63, 3.8) is 0 Å². The Bertz CT molecular complexity index is 664. The molecule has 2 aromatic carbocycles. The molecule has 1 aliphatic rings. The molecule has 20 heavy (non-hydrogen) atoms. The number of nitrogens with two attached hydrogens (primary N) is 1. The van der Waals surface area contributed by atoms with E-state index in [0.717, 1.165) is 12.1 Å². The topological polar surface area (TPSA) is 55.1 Å². The van der Waals surface area contributed by atoms with Gasteiger partial charge in [0.1, 0.15) is 0 Å². The normalized spacial score (nSPS) is 16.6. The zero-order valence-corrected chi connectivity index (χ0v) is 11.5. The summed E-state index contributed by atoms with van der Waals surface area (Å²) in [7, 11) is 0. The van der Waals surface area contributed by atoms with Crippen molar-refractivity contribution in [3.8, 4) is 0 Å². The number of amides is 1. The maximum absolute atomic E-state index is 11.3. The fraction of sp³-hybridized carbons (Fsp3) is 0.235. The molecule has 1 atom stereocenters. The number of para-hydroxylation sites is 1. The summed E-state index contributed by atoms with van der Waals surface area (Å²) >= 11 is 0. The quantitative estimate of drug-likeness (QED) is 0.897. The van der Waals surface area contributed by atoms with Crippen molar-refractivity contribution in [2.75, 3.05) is 11.9 Å². The second-order valence-electron chi connectivity index (χ2n) is 5.37. The first-order valence-corrected chi connectivity index (χ1v) is 6.85. The average Bonchev–Trinajstić information content (AvgIpc) is 2.84. The number of carbonyl (C=O) groups is 1. The molecule has 0 spiro atoms. The van der Waals surface area contributed by atoms with Gasteiger partial charge in [-0.05, 0) is 29.7 Å². The first-order chi connectivity index (χ1) is 9.65. The molecule has 3 heteroatoms. The van der Waals surface area contributed by atoms with Gasteiger partial charge in [-0.15, -0.1) is 0 Å². The van der Waals surface area contributed by atoms with Gasteiger partial charge in [0.2, 0.25) is 5.91 Å². The molecule has 0 radical (unpaired) electrons. The van der Waals surface area contributed by atoms with E-state index < -0.39 is 0 Å². The van der Waals surface area contributed by atoms with E-state index >= 15 is 0 Å². The van der Waals surface area contributed by atoms with Gasteiger partial charge in [-0.3, -0.25) is 4.79 Å². The van der Waals surface area contributed by atoms with Gasteiger partial charge < -0.3 is 11.1 Å². The van der Waals surface area contributed by atoms with Crippen LogP contribution in [0.1, 0.15) is 28.2 Å². The van der Waals surface area contributed by atoms with Crippen molar-refractivity contribution in [1.82, 2.24) is 0 Å². The van der Waals surface area contributed by atoms with E-state index in [4.69, 9.17) is 5.73 Å². The Balaban J connectivity index is 2.06. The summed E-state index contributed by atoms with van der Waals surface area (Å²) in [6, 6.07) is 14.6. The number of anilines is 1. The number of fused-ring (bicyclic) bond motifs is 1. The zero-order valence-electron chi connectivity index (χ0n) is 11.5. The average molecular weight is 266 g/mol.